The Labute approximate surface area is 187 Å². The fourth-order valence-electron chi connectivity index (χ4n) is 3.41. The molecule has 3 aromatic carbocycles. The molecule has 0 fully saturated rings. The Balaban J connectivity index is 1.33. The molecule has 31 heavy (non-hydrogen) atoms. The number of hydrogen-bond acceptors (Lipinski definition) is 3. The average Bonchev–Trinajstić information content (AvgIpc) is 2.82. The predicted octanol–water partition coefficient (Wildman–Crippen LogP) is 7.27. The van der Waals surface area contributed by atoms with Crippen LogP contribution in [0.25, 0.3) is 0 Å². The lowest BCUT2D eigenvalue weighted by atomic mass is 10.1. The minimum atomic E-state index is 0.731. The molecule has 1 N–H and O–H groups in total. The van der Waals surface area contributed by atoms with Crippen molar-refractivity contribution in [2.45, 2.75) is 52.0 Å². The van der Waals surface area contributed by atoms with E-state index in [2.05, 4.69) is 79.0 Å². The standard InChI is InChI=1S/C28H35NO2/c1-2-3-4-8-21-30-27-17-13-25(14-18-27)23-29-26-15-19-28(20-16-26)31-22-9-12-24-10-6-5-7-11-24/h5-7,10-11,13-20,29H,2-4,8-9,12,21-23H2,1H3. The van der Waals surface area contributed by atoms with Gasteiger partial charge in [-0.25, -0.2) is 0 Å². The smallest absolute Gasteiger partial charge is 0.119 e. The molecule has 164 valence electrons. The van der Waals surface area contributed by atoms with Crippen molar-refractivity contribution in [1.82, 2.24) is 0 Å². The normalized spacial score (nSPS) is 10.6. The zero-order chi connectivity index (χ0) is 21.6. The Morgan fingerprint density at radius 1 is 0.613 bits per heavy atom. The Kier molecular flexibility index (Phi) is 9.81. The summed E-state index contributed by atoms with van der Waals surface area (Å²) >= 11 is 0. The summed E-state index contributed by atoms with van der Waals surface area (Å²) in [5.74, 6) is 1.87. The van der Waals surface area contributed by atoms with Crippen molar-refractivity contribution >= 4 is 5.69 Å². The van der Waals surface area contributed by atoms with Crippen molar-refractivity contribution in [2.75, 3.05) is 18.5 Å². The van der Waals surface area contributed by atoms with Gasteiger partial charge in [-0.1, -0.05) is 68.7 Å². The number of benzene rings is 3. The highest BCUT2D eigenvalue weighted by atomic mass is 16.5. The van der Waals surface area contributed by atoms with Crippen LogP contribution in [0.3, 0.4) is 0 Å². The summed E-state index contributed by atoms with van der Waals surface area (Å²) in [4.78, 5) is 0. The summed E-state index contributed by atoms with van der Waals surface area (Å²) in [7, 11) is 0. The van der Waals surface area contributed by atoms with Gasteiger partial charge in [0.05, 0.1) is 13.2 Å². The van der Waals surface area contributed by atoms with Gasteiger partial charge in [0, 0.05) is 12.2 Å². The van der Waals surface area contributed by atoms with Gasteiger partial charge in [-0.3, -0.25) is 0 Å². The van der Waals surface area contributed by atoms with Gasteiger partial charge in [-0.15, -0.1) is 0 Å². The molecule has 0 radical (unpaired) electrons. The summed E-state index contributed by atoms with van der Waals surface area (Å²) < 4.78 is 11.7. The molecule has 0 bridgehead atoms. The third-order valence-corrected chi connectivity index (χ3v) is 5.26. The Morgan fingerprint density at radius 3 is 1.94 bits per heavy atom. The molecule has 0 amide bonds. The third kappa shape index (κ3) is 8.75. The molecule has 0 aliphatic rings. The van der Waals surface area contributed by atoms with Crippen LogP contribution in [0.5, 0.6) is 11.5 Å². The molecule has 3 aromatic rings. The van der Waals surface area contributed by atoms with Crippen LogP contribution in [0.4, 0.5) is 5.69 Å². The molecule has 0 heterocycles. The van der Waals surface area contributed by atoms with Gasteiger partial charge in [-0.2, -0.15) is 0 Å². The summed E-state index contributed by atoms with van der Waals surface area (Å²) in [5, 5.41) is 3.47. The molecule has 0 atom stereocenters. The van der Waals surface area contributed by atoms with E-state index in [1.54, 1.807) is 0 Å². The Bertz CT molecular complexity index is 844. The van der Waals surface area contributed by atoms with E-state index in [-0.39, 0.29) is 0 Å². The van der Waals surface area contributed by atoms with E-state index in [0.717, 1.165) is 56.2 Å². The molecule has 3 heteroatoms. The highest BCUT2D eigenvalue weighted by Crippen LogP contribution is 2.18. The molecular weight excluding hydrogens is 382 g/mol. The monoisotopic (exact) mass is 417 g/mol. The molecule has 0 saturated carbocycles. The van der Waals surface area contributed by atoms with Gasteiger partial charge < -0.3 is 14.8 Å². The van der Waals surface area contributed by atoms with Gasteiger partial charge in [0.15, 0.2) is 0 Å². The number of hydrogen-bond donors (Lipinski definition) is 1. The lowest BCUT2D eigenvalue weighted by molar-refractivity contribution is 0.305. The molecule has 0 spiro atoms. The van der Waals surface area contributed by atoms with E-state index in [9.17, 15) is 0 Å². The van der Waals surface area contributed by atoms with Gasteiger partial charge in [0.2, 0.25) is 0 Å². The minimum Gasteiger partial charge on any atom is -0.494 e. The zero-order valence-corrected chi connectivity index (χ0v) is 18.7. The Morgan fingerprint density at radius 2 is 1.26 bits per heavy atom. The molecular formula is C28H35NO2. The fraction of sp³-hybridized carbons (Fsp3) is 0.357. The van der Waals surface area contributed by atoms with E-state index in [0.29, 0.717) is 0 Å². The Hall–Kier alpha value is -2.94. The summed E-state index contributed by atoms with van der Waals surface area (Å²) in [6.45, 7) is 4.55. The molecule has 0 saturated heterocycles. The zero-order valence-electron chi connectivity index (χ0n) is 18.7. The predicted molar refractivity (Wildman–Crippen MR) is 130 cm³/mol. The lowest BCUT2D eigenvalue weighted by Crippen LogP contribution is -2.01. The van der Waals surface area contributed by atoms with Crippen molar-refractivity contribution in [3.63, 3.8) is 0 Å². The number of anilines is 1. The quantitative estimate of drug-likeness (QED) is 0.280. The second-order valence-corrected chi connectivity index (χ2v) is 7.87. The highest BCUT2D eigenvalue weighted by molar-refractivity contribution is 5.47. The van der Waals surface area contributed by atoms with Gasteiger partial charge in [0.25, 0.3) is 0 Å². The SMILES string of the molecule is CCCCCCOc1ccc(CNc2ccc(OCCCc3ccccc3)cc2)cc1. The molecule has 0 aliphatic heterocycles. The number of unbranched alkanes of at least 4 members (excludes halogenated alkanes) is 3. The van der Waals surface area contributed by atoms with Crippen LogP contribution < -0.4 is 14.8 Å². The molecule has 3 nitrogen and oxygen atoms in total. The maximum absolute atomic E-state index is 5.87. The number of rotatable bonds is 14. The van der Waals surface area contributed by atoms with E-state index in [1.165, 1.54) is 30.4 Å². The van der Waals surface area contributed by atoms with Crippen molar-refractivity contribution < 1.29 is 9.47 Å². The van der Waals surface area contributed by atoms with Crippen LogP contribution in [-0.2, 0) is 13.0 Å². The first-order valence-electron chi connectivity index (χ1n) is 11.6. The highest BCUT2D eigenvalue weighted by Gasteiger charge is 1.99. The van der Waals surface area contributed by atoms with Crippen LogP contribution in [0.15, 0.2) is 78.9 Å². The number of aryl methyl sites for hydroxylation is 1. The topological polar surface area (TPSA) is 30.5 Å². The van der Waals surface area contributed by atoms with E-state index in [1.807, 2.05) is 12.1 Å². The molecule has 3 rings (SSSR count). The second-order valence-electron chi connectivity index (χ2n) is 7.87. The van der Waals surface area contributed by atoms with Gasteiger partial charge in [0.1, 0.15) is 11.5 Å². The van der Waals surface area contributed by atoms with E-state index < -0.39 is 0 Å². The second kappa shape index (κ2) is 13.4. The maximum Gasteiger partial charge on any atom is 0.119 e. The third-order valence-electron chi connectivity index (χ3n) is 5.26. The molecule has 0 unspecified atom stereocenters. The van der Waals surface area contributed by atoms with Crippen molar-refractivity contribution in [3.8, 4) is 11.5 Å². The molecule has 0 aromatic heterocycles. The first-order chi connectivity index (χ1) is 15.3. The van der Waals surface area contributed by atoms with Crippen LogP contribution >= 0.6 is 0 Å². The van der Waals surface area contributed by atoms with Crippen LogP contribution in [-0.4, -0.2) is 13.2 Å². The summed E-state index contributed by atoms with van der Waals surface area (Å²) in [6, 6.07) is 27.1. The van der Waals surface area contributed by atoms with Crippen molar-refractivity contribution in [1.29, 1.82) is 0 Å². The van der Waals surface area contributed by atoms with Gasteiger partial charge in [-0.05, 0) is 66.8 Å². The number of nitrogens with one attached hydrogen (secondary N) is 1. The van der Waals surface area contributed by atoms with Crippen LogP contribution in [0, 0.1) is 0 Å². The lowest BCUT2D eigenvalue weighted by Gasteiger charge is -2.10. The van der Waals surface area contributed by atoms with Gasteiger partial charge >= 0.3 is 0 Å². The van der Waals surface area contributed by atoms with E-state index in [4.69, 9.17) is 9.47 Å². The molecule has 0 aliphatic carbocycles. The summed E-state index contributed by atoms with van der Waals surface area (Å²) in [5.41, 5.74) is 3.68. The largest absolute Gasteiger partial charge is 0.494 e. The fourth-order valence-corrected chi connectivity index (χ4v) is 3.41. The minimum absolute atomic E-state index is 0.731. The maximum atomic E-state index is 5.87. The van der Waals surface area contributed by atoms with Crippen molar-refractivity contribution in [2.24, 2.45) is 0 Å². The number of ether oxygens (including phenoxy) is 2. The average molecular weight is 418 g/mol. The first-order valence-corrected chi connectivity index (χ1v) is 11.6. The van der Waals surface area contributed by atoms with Crippen LogP contribution in [0.2, 0.25) is 0 Å². The van der Waals surface area contributed by atoms with Crippen molar-refractivity contribution in [3.05, 3.63) is 90.0 Å². The summed E-state index contributed by atoms with van der Waals surface area (Å²) in [6.07, 6.45) is 6.98. The van der Waals surface area contributed by atoms with E-state index >= 15 is 0 Å². The van der Waals surface area contributed by atoms with Crippen LogP contribution in [0.1, 0.15) is 50.2 Å². The first kappa shape index (κ1) is 22.7.